The number of halogens is 1. The molecular weight excluding hydrogens is 315 g/mol. The molecule has 3 N–H and O–H groups in total. The number of methoxy groups -OCH3 is 1. The molecule has 0 heterocycles. The van der Waals surface area contributed by atoms with Crippen molar-refractivity contribution >= 4 is 42.2 Å². The molecule has 0 unspecified atom stereocenters. The molecule has 0 radical (unpaired) electrons. The van der Waals surface area contributed by atoms with Gasteiger partial charge in [-0.3, -0.25) is 0 Å². The molecule has 0 amide bonds. The maximum atomic E-state index is 9.45. The van der Waals surface area contributed by atoms with Gasteiger partial charge in [-0.25, -0.2) is 0 Å². The summed E-state index contributed by atoms with van der Waals surface area (Å²) in [5.74, 6) is 0.429. The van der Waals surface area contributed by atoms with Crippen LogP contribution >= 0.6 is 30.3 Å². The number of phenolic OH excluding ortho intramolecular Hbond substituents is 1. The smallest absolute Gasteiger partial charge is 0.162 e. The minimum Gasteiger partial charge on any atom is -0.504 e. The highest BCUT2D eigenvalue weighted by molar-refractivity contribution is 14.2. The summed E-state index contributed by atoms with van der Waals surface area (Å²) in [5.41, 5.74) is 1.36. The van der Waals surface area contributed by atoms with Gasteiger partial charge in [0.1, 0.15) is 0 Å². The SMILES string of the molecule is COc1cc(NSI)c(C=N)cc1O. The van der Waals surface area contributed by atoms with Gasteiger partial charge in [0.2, 0.25) is 0 Å². The van der Waals surface area contributed by atoms with Crippen molar-refractivity contribution < 1.29 is 9.84 Å². The Bertz CT molecular complexity index is 346. The average molecular weight is 324 g/mol. The highest BCUT2D eigenvalue weighted by Gasteiger charge is 2.07. The predicted molar refractivity (Wildman–Crippen MR) is 67.8 cm³/mol. The summed E-state index contributed by atoms with van der Waals surface area (Å²) >= 11 is 2.08. The molecule has 4 nitrogen and oxygen atoms in total. The van der Waals surface area contributed by atoms with Crippen LogP contribution in [0.15, 0.2) is 12.1 Å². The monoisotopic (exact) mass is 324 g/mol. The lowest BCUT2D eigenvalue weighted by Gasteiger charge is -2.09. The maximum absolute atomic E-state index is 9.45. The van der Waals surface area contributed by atoms with Gasteiger partial charge in [-0.05, 0) is 6.07 Å². The van der Waals surface area contributed by atoms with Crippen LogP contribution < -0.4 is 9.46 Å². The molecule has 0 saturated carbocycles. The Hall–Kier alpha value is -0.630. The zero-order chi connectivity index (χ0) is 10.6. The molecule has 0 spiro atoms. The van der Waals surface area contributed by atoms with Crippen LogP contribution in [-0.2, 0) is 0 Å². The van der Waals surface area contributed by atoms with Gasteiger partial charge in [0.05, 0.1) is 12.8 Å². The largest absolute Gasteiger partial charge is 0.504 e. The van der Waals surface area contributed by atoms with E-state index in [-0.39, 0.29) is 5.75 Å². The van der Waals surface area contributed by atoms with Crippen LogP contribution in [0.25, 0.3) is 0 Å². The van der Waals surface area contributed by atoms with E-state index in [4.69, 9.17) is 10.1 Å². The van der Waals surface area contributed by atoms with E-state index in [1.165, 1.54) is 28.5 Å². The summed E-state index contributed by atoms with van der Waals surface area (Å²) in [5, 5.41) is 16.6. The van der Waals surface area contributed by atoms with Crippen LogP contribution in [0, 0.1) is 5.41 Å². The Morgan fingerprint density at radius 3 is 2.86 bits per heavy atom. The van der Waals surface area contributed by atoms with Crippen molar-refractivity contribution in [2.45, 2.75) is 0 Å². The Morgan fingerprint density at radius 2 is 2.36 bits per heavy atom. The van der Waals surface area contributed by atoms with Crippen molar-refractivity contribution in [3.63, 3.8) is 0 Å². The van der Waals surface area contributed by atoms with Crippen LogP contribution in [-0.4, -0.2) is 18.4 Å². The Labute approximate surface area is 98.3 Å². The minimum absolute atomic E-state index is 0.0370. The average Bonchev–Trinajstić information content (AvgIpc) is 2.20. The van der Waals surface area contributed by atoms with E-state index in [9.17, 15) is 5.11 Å². The first kappa shape index (κ1) is 11.4. The molecule has 0 aliphatic rings. The number of benzene rings is 1. The third kappa shape index (κ3) is 2.44. The lowest BCUT2D eigenvalue weighted by atomic mass is 10.2. The lowest BCUT2D eigenvalue weighted by Crippen LogP contribution is -1.93. The first-order chi connectivity index (χ1) is 6.72. The van der Waals surface area contributed by atoms with Crippen LogP contribution in [0.1, 0.15) is 5.56 Å². The number of hydrogen-bond donors (Lipinski definition) is 3. The standard InChI is InChI=1S/C8H9IN2O2S/c1-13-8-3-6(11-14-9)5(4-10)2-7(8)12/h2-4,10-12H,1H3. The van der Waals surface area contributed by atoms with Crippen LogP contribution in [0.5, 0.6) is 11.5 Å². The molecule has 0 saturated heterocycles. The van der Waals surface area contributed by atoms with Gasteiger partial charge >= 0.3 is 0 Å². The highest BCUT2D eigenvalue weighted by atomic mass is 127. The van der Waals surface area contributed by atoms with Gasteiger partial charge in [0.15, 0.2) is 11.5 Å². The first-order valence-corrected chi connectivity index (χ1v) is 7.04. The molecule has 0 atom stereocenters. The van der Waals surface area contributed by atoms with Crippen molar-refractivity contribution in [1.82, 2.24) is 0 Å². The van der Waals surface area contributed by atoms with Gasteiger partial charge in [0.25, 0.3) is 0 Å². The molecule has 1 aromatic carbocycles. The lowest BCUT2D eigenvalue weighted by molar-refractivity contribution is 0.373. The van der Waals surface area contributed by atoms with Crippen molar-refractivity contribution in [3.05, 3.63) is 17.7 Å². The van der Waals surface area contributed by atoms with E-state index in [1.807, 2.05) is 0 Å². The van der Waals surface area contributed by atoms with Crippen molar-refractivity contribution in [2.75, 3.05) is 11.8 Å². The van der Waals surface area contributed by atoms with Gasteiger partial charge in [-0.1, -0.05) is 0 Å². The third-order valence-electron chi connectivity index (χ3n) is 1.66. The molecule has 14 heavy (non-hydrogen) atoms. The molecule has 76 valence electrons. The van der Waals surface area contributed by atoms with E-state index >= 15 is 0 Å². The third-order valence-corrected chi connectivity index (χ3v) is 2.61. The van der Waals surface area contributed by atoms with Crippen molar-refractivity contribution in [2.24, 2.45) is 0 Å². The first-order valence-electron chi connectivity index (χ1n) is 3.68. The summed E-state index contributed by atoms with van der Waals surface area (Å²) in [4.78, 5) is 0. The quantitative estimate of drug-likeness (QED) is 0.345. The fourth-order valence-corrected chi connectivity index (χ4v) is 1.97. The van der Waals surface area contributed by atoms with E-state index < -0.39 is 0 Å². The zero-order valence-corrected chi connectivity index (χ0v) is 10.3. The van der Waals surface area contributed by atoms with Gasteiger partial charge in [-0.2, -0.15) is 0 Å². The maximum Gasteiger partial charge on any atom is 0.162 e. The van der Waals surface area contributed by atoms with Crippen molar-refractivity contribution in [3.8, 4) is 11.5 Å². The molecular formula is C8H9IN2O2S. The number of phenols is 1. The minimum atomic E-state index is 0.0370. The summed E-state index contributed by atoms with van der Waals surface area (Å²) in [6.07, 6.45) is 1.17. The molecule has 0 aliphatic heterocycles. The fraction of sp³-hybridized carbons (Fsp3) is 0.125. The number of rotatable bonds is 4. The summed E-state index contributed by atoms with van der Waals surface area (Å²) < 4.78 is 7.94. The number of anilines is 1. The summed E-state index contributed by atoms with van der Waals surface area (Å²) in [6.45, 7) is 0. The Morgan fingerprint density at radius 1 is 1.64 bits per heavy atom. The van der Waals surface area contributed by atoms with Crippen LogP contribution in [0.4, 0.5) is 5.69 Å². The van der Waals surface area contributed by atoms with Gasteiger partial charge in [0, 0.05) is 48.2 Å². The van der Waals surface area contributed by atoms with E-state index in [0.29, 0.717) is 11.3 Å². The topological polar surface area (TPSA) is 65.3 Å². The molecule has 0 aromatic heterocycles. The number of aromatic hydroxyl groups is 1. The van der Waals surface area contributed by atoms with E-state index in [2.05, 4.69) is 25.9 Å². The molecule has 0 fully saturated rings. The molecule has 0 aliphatic carbocycles. The second-order valence-corrected chi connectivity index (χ2v) is 4.11. The number of hydrogen-bond acceptors (Lipinski definition) is 5. The van der Waals surface area contributed by atoms with Gasteiger partial charge < -0.3 is 20.0 Å². The Balaban J connectivity index is 3.17. The van der Waals surface area contributed by atoms with Gasteiger partial charge in [-0.15, -0.1) is 0 Å². The molecule has 1 aromatic rings. The number of nitrogens with one attached hydrogen (secondary N) is 2. The summed E-state index contributed by atoms with van der Waals surface area (Å²) in [6, 6.07) is 3.14. The second-order valence-electron chi connectivity index (χ2n) is 2.43. The molecule has 0 bridgehead atoms. The van der Waals surface area contributed by atoms with Crippen molar-refractivity contribution in [1.29, 1.82) is 5.41 Å². The zero-order valence-electron chi connectivity index (χ0n) is 7.37. The number of ether oxygens (including phenoxy) is 1. The van der Waals surface area contributed by atoms with Crippen LogP contribution in [0.2, 0.25) is 0 Å². The van der Waals surface area contributed by atoms with E-state index in [1.54, 1.807) is 6.07 Å². The normalized spacial score (nSPS) is 9.57. The predicted octanol–water partition coefficient (Wildman–Crippen LogP) is 2.81. The highest BCUT2D eigenvalue weighted by Crippen LogP contribution is 2.33. The second kappa shape index (κ2) is 5.30. The van der Waals surface area contributed by atoms with Crippen LogP contribution in [0.3, 0.4) is 0 Å². The molecule has 1 rings (SSSR count). The van der Waals surface area contributed by atoms with E-state index in [0.717, 1.165) is 5.69 Å². The Kier molecular flexibility index (Phi) is 4.33. The molecule has 6 heteroatoms. The fourth-order valence-electron chi connectivity index (χ4n) is 0.997. The summed E-state index contributed by atoms with van der Waals surface area (Å²) in [7, 11) is 2.88.